The Morgan fingerprint density at radius 3 is 2.44 bits per heavy atom. The summed E-state index contributed by atoms with van der Waals surface area (Å²) in [7, 11) is 1.50. The fourth-order valence-electron chi connectivity index (χ4n) is 1.26. The third-order valence-electron chi connectivity index (χ3n) is 2.35. The van der Waals surface area contributed by atoms with Gasteiger partial charge in [-0.1, -0.05) is 6.92 Å². The van der Waals surface area contributed by atoms with Gasteiger partial charge in [-0.15, -0.1) is 0 Å². The van der Waals surface area contributed by atoms with Gasteiger partial charge < -0.3 is 15.7 Å². The number of hydrogen-bond donors (Lipinski definition) is 3. The number of halogens is 3. The molecule has 18 heavy (non-hydrogen) atoms. The van der Waals surface area contributed by atoms with Crippen LogP contribution in [0.2, 0.25) is 0 Å². The van der Waals surface area contributed by atoms with Crippen LogP contribution in [0, 0.1) is 5.92 Å². The molecule has 0 aliphatic carbocycles. The normalized spacial score (nSPS) is 13.2. The van der Waals surface area contributed by atoms with E-state index in [-0.39, 0.29) is 24.2 Å². The van der Waals surface area contributed by atoms with E-state index in [1.54, 1.807) is 6.92 Å². The smallest absolute Gasteiger partial charge is 0.396 e. The molecule has 1 aromatic heterocycles. The first-order valence-electron chi connectivity index (χ1n) is 5.48. The second-order valence-electron chi connectivity index (χ2n) is 4.04. The van der Waals surface area contributed by atoms with Crippen molar-refractivity contribution in [1.82, 2.24) is 4.98 Å². The second-order valence-corrected chi connectivity index (χ2v) is 4.04. The molecule has 0 saturated heterocycles. The van der Waals surface area contributed by atoms with E-state index in [2.05, 4.69) is 15.6 Å². The van der Waals surface area contributed by atoms with Crippen LogP contribution in [0.3, 0.4) is 0 Å². The van der Waals surface area contributed by atoms with Gasteiger partial charge in [-0.25, -0.2) is 4.98 Å². The van der Waals surface area contributed by atoms with Crippen molar-refractivity contribution in [3.8, 4) is 0 Å². The van der Waals surface area contributed by atoms with Crippen molar-refractivity contribution in [3.05, 3.63) is 17.7 Å². The lowest BCUT2D eigenvalue weighted by Crippen LogP contribution is -2.16. The van der Waals surface area contributed by atoms with E-state index in [4.69, 9.17) is 5.11 Å². The Balaban J connectivity index is 2.91. The first kappa shape index (κ1) is 14.6. The van der Waals surface area contributed by atoms with Crippen LogP contribution in [0.1, 0.15) is 12.5 Å². The third-order valence-corrected chi connectivity index (χ3v) is 2.35. The molecule has 4 nitrogen and oxygen atoms in total. The molecule has 0 bridgehead atoms. The van der Waals surface area contributed by atoms with Crippen molar-refractivity contribution in [2.45, 2.75) is 13.1 Å². The maximum Gasteiger partial charge on any atom is 0.416 e. The number of hydrogen-bond acceptors (Lipinski definition) is 4. The van der Waals surface area contributed by atoms with Crippen LogP contribution in [0.25, 0.3) is 0 Å². The van der Waals surface area contributed by atoms with Gasteiger partial charge in [-0.2, -0.15) is 13.2 Å². The summed E-state index contributed by atoms with van der Waals surface area (Å²) < 4.78 is 37.9. The average molecular weight is 263 g/mol. The Kier molecular flexibility index (Phi) is 4.77. The van der Waals surface area contributed by atoms with Crippen LogP contribution in [0.15, 0.2) is 12.1 Å². The molecule has 3 N–H and O–H groups in total. The molecule has 0 aliphatic heterocycles. The molecule has 0 fully saturated rings. The molecule has 0 aromatic carbocycles. The van der Waals surface area contributed by atoms with Crippen LogP contribution in [0.4, 0.5) is 24.8 Å². The molecule has 0 aliphatic rings. The first-order valence-corrected chi connectivity index (χ1v) is 5.48. The molecular weight excluding hydrogens is 247 g/mol. The SMILES string of the molecule is CNc1cc(C(F)(F)F)cc(NCC(C)CO)n1. The molecule has 1 atom stereocenters. The van der Waals surface area contributed by atoms with Gasteiger partial charge in [0, 0.05) is 20.2 Å². The summed E-state index contributed by atoms with van der Waals surface area (Å²) in [5.74, 6) is 0.220. The van der Waals surface area contributed by atoms with Gasteiger partial charge in [0.1, 0.15) is 11.6 Å². The highest BCUT2D eigenvalue weighted by Crippen LogP contribution is 2.31. The molecule has 1 heterocycles. The van der Waals surface area contributed by atoms with Crippen LogP contribution in [-0.2, 0) is 6.18 Å². The quantitative estimate of drug-likeness (QED) is 0.762. The van der Waals surface area contributed by atoms with Crippen LogP contribution >= 0.6 is 0 Å². The van der Waals surface area contributed by atoms with Crippen molar-refractivity contribution in [1.29, 1.82) is 0 Å². The minimum absolute atomic E-state index is 0.0369. The average Bonchev–Trinajstić information content (AvgIpc) is 2.34. The highest BCUT2D eigenvalue weighted by atomic mass is 19.4. The van der Waals surface area contributed by atoms with Crippen molar-refractivity contribution in [3.63, 3.8) is 0 Å². The number of pyridine rings is 1. The zero-order valence-corrected chi connectivity index (χ0v) is 10.2. The Hall–Kier alpha value is -1.50. The fourth-order valence-corrected chi connectivity index (χ4v) is 1.26. The number of aliphatic hydroxyl groups excluding tert-OH is 1. The molecular formula is C11H16F3N3O. The van der Waals surface area contributed by atoms with Gasteiger partial charge in [-0.05, 0) is 18.1 Å². The highest BCUT2D eigenvalue weighted by molar-refractivity contribution is 5.49. The second kappa shape index (κ2) is 5.90. The standard InChI is InChI=1S/C11H16F3N3O/c1-7(6-18)5-16-10-4-8(11(12,13)14)3-9(15-2)17-10/h3-4,7,18H,5-6H2,1-2H3,(H2,15,16,17). The summed E-state index contributed by atoms with van der Waals surface area (Å²) in [5, 5.41) is 14.2. The van der Waals surface area contributed by atoms with E-state index in [9.17, 15) is 13.2 Å². The van der Waals surface area contributed by atoms with E-state index in [0.29, 0.717) is 6.54 Å². The molecule has 1 rings (SSSR count). The van der Waals surface area contributed by atoms with Gasteiger partial charge in [0.05, 0.1) is 5.56 Å². The Labute approximate surface area is 103 Å². The number of alkyl halides is 3. The summed E-state index contributed by atoms with van der Waals surface area (Å²) in [5.41, 5.74) is -0.763. The van der Waals surface area contributed by atoms with E-state index in [0.717, 1.165) is 12.1 Å². The van der Waals surface area contributed by atoms with Crippen LogP contribution < -0.4 is 10.6 Å². The molecule has 102 valence electrons. The topological polar surface area (TPSA) is 57.2 Å². The minimum Gasteiger partial charge on any atom is -0.396 e. The summed E-state index contributed by atoms with van der Waals surface area (Å²) in [6, 6.07) is 1.89. The number of aromatic nitrogens is 1. The highest BCUT2D eigenvalue weighted by Gasteiger charge is 2.31. The van der Waals surface area contributed by atoms with Gasteiger partial charge in [0.25, 0.3) is 0 Å². The van der Waals surface area contributed by atoms with E-state index in [1.807, 2.05) is 0 Å². The molecule has 0 spiro atoms. The minimum atomic E-state index is -4.41. The Morgan fingerprint density at radius 1 is 1.33 bits per heavy atom. The molecule has 0 radical (unpaired) electrons. The monoisotopic (exact) mass is 263 g/mol. The fraction of sp³-hybridized carbons (Fsp3) is 0.545. The Morgan fingerprint density at radius 2 is 1.94 bits per heavy atom. The maximum atomic E-state index is 12.6. The van der Waals surface area contributed by atoms with Gasteiger partial charge >= 0.3 is 6.18 Å². The van der Waals surface area contributed by atoms with Gasteiger partial charge in [0.15, 0.2) is 0 Å². The van der Waals surface area contributed by atoms with Crippen LogP contribution in [-0.4, -0.2) is 30.3 Å². The number of anilines is 2. The lowest BCUT2D eigenvalue weighted by molar-refractivity contribution is -0.137. The van der Waals surface area contributed by atoms with Crippen molar-refractivity contribution in [2.24, 2.45) is 5.92 Å². The van der Waals surface area contributed by atoms with E-state index in [1.165, 1.54) is 7.05 Å². The lowest BCUT2D eigenvalue weighted by atomic mass is 10.2. The third kappa shape index (κ3) is 4.06. The van der Waals surface area contributed by atoms with E-state index < -0.39 is 11.7 Å². The van der Waals surface area contributed by atoms with Gasteiger partial charge in [0.2, 0.25) is 0 Å². The predicted octanol–water partition coefficient (Wildman–Crippen LogP) is 2.18. The zero-order valence-electron chi connectivity index (χ0n) is 10.2. The molecule has 1 unspecified atom stereocenters. The number of nitrogens with one attached hydrogen (secondary N) is 2. The summed E-state index contributed by atoms with van der Waals surface area (Å²) >= 11 is 0. The van der Waals surface area contributed by atoms with Crippen molar-refractivity contribution < 1.29 is 18.3 Å². The van der Waals surface area contributed by atoms with Gasteiger partial charge in [-0.3, -0.25) is 0 Å². The van der Waals surface area contributed by atoms with Crippen molar-refractivity contribution in [2.75, 3.05) is 30.8 Å². The molecule has 1 aromatic rings. The summed E-state index contributed by atoms with van der Waals surface area (Å²) in [6.45, 7) is 2.10. The molecule has 0 amide bonds. The number of nitrogens with zero attached hydrogens (tertiary/aromatic N) is 1. The number of aliphatic hydroxyl groups is 1. The van der Waals surface area contributed by atoms with E-state index >= 15 is 0 Å². The molecule has 7 heteroatoms. The largest absolute Gasteiger partial charge is 0.416 e. The summed E-state index contributed by atoms with van der Waals surface area (Å²) in [6.07, 6.45) is -4.41. The maximum absolute atomic E-state index is 12.6. The Bertz CT molecular complexity index is 396. The first-order chi connectivity index (χ1) is 8.36. The number of rotatable bonds is 5. The van der Waals surface area contributed by atoms with Crippen LogP contribution in [0.5, 0.6) is 0 Å². The summed E-state index contributed by atoms with van der Waals surface area (Å²) in [4.78, 5) is 3.97. The van der Waals surface area contributed by atoms with Crippen molar-refractivity contribution >= 4 is 11.6 Å². The lowest BCUT2D eigenvalue weighted by Gasteiger charge is -2.14. The zero-order chi connectivity index (χ0) is 13.8. The molecule has 0 saturated carbocycles. The predicted molar refractivity (Wildman–Crippen MR) is 63.5 cm³/mol.